The summed E-state index contributed by atoms with van der Waals surface area (Å²) in [4.78, 5) is 0. The number of aryl methyl sites for hydroxylation is 1. The molecule has 0 spiro atoms. The highest BCUT2D eigenvalue weighted by Crippen LogP contribution is 2.38. The highest BCUT2D eigenvalue weighted by molar-refractivity contribution is 6.74. The maximum Gasteiger partial charge on any atom is 0.486 e. The van der Waals surface area contributed by atoms with Gasteiger partial charge in [0.1, 0.15) is 5.75 Å². The van der Waals surface area contributed by atoms with Crippen molar-refractivity contribution in [3.05, 3.63) is 41.9 Å². The van der Waals surface area contributed by atoms with E-state index in [2.05, 4.69) is 91.9 Å². The average Bonchev–Trinajstić information content (AvgIpc) is 2.71. The van der Waals surface area contributed by atoms with Crippen LogP contribution in [0.2, 0.25) is 18.1 Å². The molecule has 0 bridgehead atoms. The first-order chi connectivity index (χ1) is 12.2. The van der Waals surface area contributed by atoms with Crippen molar-refractivity contribution in [2.75, 3.05) is 0 Å². The smallest absolute Gasteiger partial charge is 0.486 e. The molecule has 0 aromatic heterocycles. The Morgan fingerprint density at radius 1 is 1.00 bits per heavy atom. The Labute approximate surface area is 167 Å². The lowest BCUT2D eigenvalue weighted by Gasteiger charge is -2.36. The first-order valence-electron chi connectivity index (χ1n) is 10.0. The lowest BCUT2D eigenvalue weighted by Crippen LogP contribution is -2.43. The van der Waals surface area contributed by atoms with Gasteiger partial charge in [-0.25, -0.2) is 0 Å². The zero-order valence-corrected chi connectivity index (χ0v) is 19.7. The molecule has 1 saturated heterocycles. The van der Waals surface area contributed by atoms with Gasteiger partial charge in [-0.15, -0.1) is 0 Å². The van der Waals surface area contributed by atoms with Crippen molar-refractivity contribution in [1.29, 1.82) is 0 Å². The Hall–Kier alpha value is -1.04. The fraction of sp³-hybridized carbons (Fsp3) is 0.636. The van der Waals surface area contributed by atoms with Gasteiger partial charge in [0.25, 0.3) is 0 Å². The van der Waals surface area contributed by atoms with Crippen LogP contribution in [0.3, 0.4) is 0 Å². The van der Waals surface area contributed by atoms with Crippen molar-refractivity contribution in [2.45, 2.75) is 90.6 Å². The van der Waals surface area contributed by atoms with Gasteiger partial charge >= 0.3 is 7.12 Å². The molecule has 1 aliphatic rings. The summed E-state index contributed by atoms with van der Waals surface area (Å²) < 4.78 is 18.3. The molecule has 0 amide bonds. The molecule has 1 heterocycles. The van der Waals surface area contributed by atoms with E-state index in [-0.39, 0.29) is 23.4 Å². The van der Waals surface area contributed by atoms with Gasteiger partial charge in [-0.2, -0.15) is 0 Å². The van der Waals surface area contributed by atoms with E-state index >= 15 is 0 Å². The van der Waals surface area contributed by atoms with Crippen LogP contribution in [0.5, 0.6) is 5.75 Å². The second kappa shape index (κ2) is 7.77. The molecule has 27 heavy (non-hydrogen) atoms. The van der Waals surface area contributed by atoms with Gasteiger partial charge in [-0.3, -0.25) is 0 Å². The summed E-state index contributed by atoms with van der Waals surface area (Å²) in [5.74, 6) is 3.02. The van der Waals surface area contributed by atoms with Crippen LogP contribution in [-0.2, 0) is 15.7 Å². The van der Waals surface area contributed by atoms with Gasteiger partial charge in [0.05, 0.1) is 11.2 Å². The van der Waals surface area contributed by atoms with E-state index in [1.54, 1.807) is 0 Å². The highest BCUT2D eigenvalue weighted by atomic mass is 28.4. The van der Waals surface area contributed by atoms with Crippen LogP contribution in [0.1, 0.15) is 60.5 Å². The van der Waals surface area contributed by atoms with E-state index in [1.807, 2.05) is 5.98 Å². The van der Waals surface area contributed by atoms with Crippen LogP contribution in [0.15, 0.2) is 36.3 Å². The molecule has 5 heteroatoms. The first kappa shape index (κ1) is 22.3. The quantitative estimate of drug-likeness (QED) is 0.544. The Bertz CT molecular complexity index is 641. The lowest BCUT2D eigenvalue weighted by molar-refractivity contribution is 0.00578. The molecule has 1 aromatic carbocycles. The summed E-state index contributed by atoms with van der Waals surface area (Å²) in [6.45, 7) is 19.7. The summed E-state index contributed by atoms with van der Waals surface area (Å²) >= 11 is 0. The fourth-order valence-corrected chi connectivity index (χ4v) is 3.63. The summed E-state index contributed by atoms with van der Waals surface area (Å²) in [7, 11) is -2.03. The van der Waals surface area contributed by atoms with Crippen LogP contribution in [0.25, 0.3) is 0 Å². The monoisotopic (exact) mass is 388 g/mol. The molecule has 0 unspecified atom stereocenters. The van der Waals surface area contributed by atoms with E-state index in [9.17, 15) is 0 Å². The molecular weight excluding hydrogens is 351 g/mol. The van der Waals surface area contributed by atoms with Crippen LogP contribution in [-0.4, -0.2) is 26.6 Å². The van der Waals surface area contributed by atoms with Crippen molar-refractivity contribution in [1.82, 2.24) is 0 Å². The third kappa shape index (κ3) is 5.49. The van der Waals surface area contributed by atoms with Crippen molar-refractivity contribution in [3.8, 4) is 5.75 Å². The van der Waals surface area contributed by atoms with Crippen molar-refractivity contribution >= 4 is 15.4 Å². The molecule has 150 valence electrons. The second-order valence-corrected chi connectivity index (χ2v) is 14.8. The zero-order valence-electron chi connectivity index (χ0n) is 18.7. The fourth-order valence-electron chi connectivity index (χ4n) is 2.60. The zero-order chi connectivity index (χ0) is 20.5. The molecule has 2 rings (SSSR count). The summed E-state index contributed by atoms with van der Waals surface area (Å²) in [5.41, 5.74) is 0.764. The minimum Gasteiger partial charge on any atom is -0.544 e. The molecule has 0 N–H and O–H groups in total. The van der Waals surface area contributed by atoms with Crippen molar-refractivity contribution < 1.29 is 13.7 Å². The Morgan fingerprint density at radius 2 is 1.52 bits per heavy atom. The molecule has 1 fully saturated rings. The Balaban J connectivity index is 1.84. The predicted molar refractivity (Wildman–Crippen MR) is 118 cm³/mol. The van der Waals surface area contributed by atoms with Gasteiger partial charge in [0.2, 0.25) is 8.32 Å². The third-order valence-corrected chi connectivity index (χ3v) is 10.6. The minimum atomic E-state index is -1.77. The topological polar surface area (TPSA) is 27.7 Å². The number of allylic oxidation sites excluding steroid dienone is 1. The molecular formula is C22H37BO3Si. The van der Waals surface area contributed by atoms with Crippen LogP contribution >= 0.6 is 0 Å². The molecule has 0 atom stereocenters. The molecule has 0 radical (unpaired) electrons. The summed E-state index contributed by atoms with van der Waals surface area (Å²) in [5, 5.41) is 0.212. The SMILES string of the molecule is CC1(C)OB(/C=C/CCc2ccc(O[Si](C)(C)C(C)(C)C)cc2)OC1(C)C. The molecule has 1 aliphatic heterocycles. The standard InChI is InChI=1S/C22H37BO3Si/c1-20(2,3)27(8,9)24-19-15-13-18(14-16-19)12-10-11-17-23-25-21(4,5)22(6,7)26-23/h11,13-17H,10,12H2,1-9H3/b17-11+. The van der Waals surface area contributed by atoms with Crippen LogP contribution < -0.4 is 4.43 Å². The van der Waals surface area contributed by atoms with Crippen LogP contribution in [0, 0.1) is 0 Å². The lowest BCUT2D eigenvalue weighted by atomic mass is 9.89. The highest BCUT2D eigenvalue weighted by Gasteiger charge is 2.49. The molecule has 0 aliphatic carbocycles. The minimum absolute atomic E-state index is 0.212. The van der Waals surface area contributed by atoms with Gasteiger partial charge < -0.3 is 13.7 Å². The second-order valence-electron chi connectivity index (χ2n) is 10.1. The number of benzene rings is 1. The summed E-state index contributed by atoms with van der Waals surface area (Å²) in [6.07, 6.45) is 4.12. The number of rotatable bonds is 6. The normalized spacial score (nSPS) is 19.7. The first-order valence-corrected chi connectivity index (χ1v) is 12.9. The van der Waals surface area contributed by atoms with E-state index in [0.717, 1.165) is 18.6 Å². The largest absolute Gasteiger partial charge is 0.544 e. The van der Waals surface area contributed by atoms with Crippen LogP contribution in [0.4, 0.5) is 0 Å². The Morgan fingerprint density at radius 3 is 2.00 bits per heavy atom. The van der Waals surface area contributed by atoms with Gasteiger partial charge in [-0.1, -0.05) is 45.0 Å². The van der Waals surface area contributed by atoms with Gasteiger partial charge in [0.15, 0.2) is 0 Å². The van der Waals surface area contributed by atoms with E-state index in [4.69, 9.17) is 13.7 Å². The van der Waals surface area contributed by atoms with Crippen molar-refractivity contribution in [3.63, 3.8) is 0 Å². The third-order valence-electron chi connectivity index (χ3n) is 6.27. The number of hydrogen-bond acceptors (Lipinski definition) is 3. The van der Waals surface area contributed by atoms with Crippen molar-refractivity contribution in [2.24, 2.45) is 0 Å². The molecule has 1 aromatic rings. The van der Waals surface area contributed by atoms with E-state index in [1.165, 1.54) is 5.56 Å². The van der Waals surface area contributed by atoms with Gasteiger partial charge in [0, 0.05) is 0 Å². The average molecular weight is 388 g/mol. The molecule has 0 saturated carbocycles. The molecule has 3 nitrogen and oxygen atoms in total. The summed E-state index contributed by atoms with van der Waals surface area (Å²) in [6, 6.07) is 8.55. The Kier molecular flexibility index (Phi) is 6.40. The maximum atomic E-state index is 6.35. The van der Waals surface area contributed by atoms with Gasteiger partial charge in [-0.05, 0) is 76.4 Å². The number of hydrogen-bond donors (Lipinski definition) is 0. The van der Waals surface area contributed by atoms with E-state index in [0.29, 0.717) is 0 Å². The predicted octanol–water partition coefficient (Wildman–Crippen LogP) is 6.19. The van der Waals surface area contributed by atoms with E-state index < -0.39 is 8.32 Å². The maximum absolute atomic E-state index is 6.35.